The summed E-state index contributed by atoms with van der Waals surface area (Å²) in [6, 6.07) is 6.39. The van der Waals surface area contributed by atoms with Crippen LogP contribution < -0.4 is 15.4 Å². The summed E-state index contributed by atoms with van der Waals surface area (Å²) in [5.74, 6) is 1.79. The van der Waals surface area contributed by atoms with Crippen LogP contribution in [0, 0.1) is 12.3 Å². The van der Waals surface area contributed by atoms with E-state index >= 15 is 0 Å². The van der Waals surface area contributed by atoms with Crippen molar-refractivity contribution in [3.05, 3.63) is 29.3 Å². The zero-order valence-electron chi connectivity index (χ0n) is 16.9. The highest BCUT2D eigenvalue weighted by molar-refractivity contribution is 5.79. The van der Waals surface area contributed by atoms with E-state index in [0.717, 1.165) is 50.1 Å². The van der Waals surface area contributed by atoms with E-state index in [1.807, 2.05) is 0 Å². The number of nitrogens with zero attached hydrogens (tertiary/aromatic N) is 1. The summed E-state index contributed by atoms with van der Waals surface area (Å²) in [5, 5.41) is 6.79. The van der Waals surface area contributed by atoms with E-state index < -0.39 is 0 Å². The number of rotatable bonds is 10. The maximum absolute atomic E-state index is 6.05. The van der Waals surface area contributed by atoms with Crippen molar-refractivity contribution < 1.29 is 9.47 Å². The first kappa shape index (κ1) is 20.6. The summed E-state index contributed by atoms with van der Waals surface area (Å²) in [7, 11) is 1.80. The van der Waals surface area contributed by atoms with Crippen molar-refractivity contribution in [2.24, 2.45) is 10.4 Å². The molecule has 0 atom stereocenters. The topological polar surface area (TPSA) is 54.9 Å². The first-order valence-electron chi connectivity index (χ1n) is 9.81. The van der Waals surface area contributed by atoms with Gasteiger partial charge in [0.05, 0.1) is 19.8 Å². The molecule has 1 aliphatic heterocycles. The molecule has 0 amide bonds. The second-order valence-corrected chi connectivity index (χ2v) is 7.60. The molecule has 2 N–H and O–H groups in total. The fourth-order valence-electron chi connectivity index (χ4n) is 2.90. The van der Waals surface area contributed by atoms with Crippen LogP contribution in [-0.4, -0.2) is 39.4 Å². The number of hydrogen-bond donors (Lipinski definition) is 2. The Morgan fingerprint density at radius 1 is 1.23 bits per heavy atom. The normalized spacial score (nSPS) is 16.1. The lowest BCUT2D eigenvalue weighted by Gasteiger charge is -2.38. The standard InChI is InChI=1S/C21H35N3O2/c1-5-6-7-8-11-26-19-12-17(2)9-10-18(19)13-23-20(22-4)24-14-21(3)15-25-16-21/h9-10,12H,5-8,11,13-16H2,1-4H3,(H2,22,23,24). The number of unbranched alkanes of at least 4 members (excludes halogenated alkanes) is 3. The summed E-state index contributed by atoms with van der Waals surface area (Å²) >= 11 is 0. The summed E-state index contributed by atoms with van der Waals surface area (Å²) in [5.41, 5.74) is 2.60. The Labute approximate surface area is 158 Å². The summed E-state index contributed by atoms with van der Waals surface area (Å²) in [6.07, 6.45) is 4.86. The molecule has 0 bridgehead atoms. The van der Waals surface area contributed by atoms with Crippen LogP contribution >= 0.6 is 0 Å². The predicted octanol–water partition coefficient (Wildman–Crippen LogP) is 3.66. The quantitative estimate of drug-likeness (QED) is 0.379. The maximum atomic E-state index is 6.05. The van der Waals surface area contributed by atoms with E-state index in [1.165, 1.54) is 24.8 Å². The van der Waals surface area contributed by atoms with Crippen LogP contribution in [-0.2, 0) is 11.3 Å². The molecule has 0 unspecified atom stereocenters. The van der Waals surface area contributed by atoms with Gasteiger partial charge in [-0.2, -0.15) is 0 Å². The number of ether oxygens (including phenoxy) is 2. The maximum Gasteiger partial charge on any atom is 0.191 e. The average molecular weight is 362 g/mol. The fourth-order valence-corrected chi connectivity index (χ4v) is 2.90. The first-order chi connectivity index (χ1) is 12.6. The Kier molecular flexibility index (Phi) is 8.23. The van der Waals surface area contributed by atoms with Crippen LogP contribution in [0.15, 0.2) is 23.2 Å². The minimum Gasteiger partial charge on any atom is -0.493 e. The molecule has 0 aromatic heterocycles. The van der Waals surface area contributed by atoms with Crippen LogP contribution in [0.2, 0.25) is 0 Å². The summed E-state index contributed by atoms with van der Waals surface area (Å²) in [4.78, 5) is 4.32. The molecule has 0 saturated carbocycles. The third kappa shape index (κ3) is 6.52. The Balaban J connectivity index is 1.84. The van der Waals surface area contributed by atoms with Gasteiger partial charge in [-0.3, -0.25) is 4.99 Å². The molecule has 146 valence electrons. The van der Waals surface area contributed by atoms with Gasteiger partial charge >= 0.3 is 0 Å². The van der Waals surface area contributed by atoms with Crippen molar-refractivity contribution in [1.29, 1.82) is 0 Å². The zero-order valence-corrected chi connectivity index (χ0v) is 16.9. The minimum atomic E-state index is 0.217. The summed E-state index contributed by atoms with van der Waals surface area (Å²) in [6.45, 7) is 10.5. The average Bonchev–Trinajstić information content (AvgIpc) is 2.61. The molecule has 1 fully saturated rings. The van der Waals surface area contributed by atoms with Crippen molar-refractivity contribution in [2.45, 2.75) is 53.0 Å². The molecule has 1 heterocycles. The fraction of sp³-hybridized carbons (Fsp3) is 0.667. The van der Waals surface area contributed by atoms with Gasteiger partial charge in [-0.05, 0) is 25.0 Å². The van der Waals surface area contributed by atoms with E-state index in [9.17, 15) is 0 Å². The van der Waals surface area contributed by atoms with Gasteiger partial charge in [-0.15, -0.1) is 0 Å². The monoisotopic (exact) mass is 361 g/mol. The molecule has 26 heavy (non-hydrogen) atoms. The van der Waals surface area contributed by atoms with Gasteiger partial charge in [0.15, 0.2) is 5.96 Å². The lowest BCUT2D eigenvalue weighted by molar-refractivity contribution is -0.0971. The van der Waals surface area contributed by atoms with E-state index in [-0.39, 0.29) is 5.41 Å². The van der Waals surface area contributed by atoms with E-state index in [2.05, 4.69) is 54.6 Å². The molecular weight excluding hydrogens is 326 g/mol. The van der Waals surface area contributed by atoms with E-state index in [1.54, 1.807) is 7.05 Å². The number of aliphatic imine (C=N–C) groups is 1. The van der Waals surface area contributed by atoms with Crippen molar-refractivity contribution in [3.8, 4) is 5.75 Å². The molecular formula is C21H35N3O2. The molecule has 2 rings (SSSR count). The highest BCUT2D eigenvalue weighted by atomic mass is 16.5. The molecule has 0 aliphatic carbocycles. The molecule has 1 aromatic carbocycles. The lowest BCUT2D eigenvalue weighted by Crippen LogP contribution is -2.50. The first-order valence-corrected chi connectivity index (χ1v) is 9.81. The Morgan fingerprint density at radius 2 is 2.04 bits per heavy atom. The number of aryl methyl sites for hydroxylation is 1. The Morgan fingerprint density at radius 3 is 2.69 bits per heavy atom. The smallest absolute Gasteiger partial charge is 0.191 e. The largest absolute Gasteiger partial charge is 0.493 e. The molecule has 1 aliphatic rings. The van der Waals surface area contributed by atoms with Crippen LogP contribution in [0.4, 0.5) is 0 Å². The molecule has 5 nitrogen and oxygen atoms in total. The third-order valence-electron chi connectivity index (χ3n) is 4.73. The van der Waals surface area contributed by atoms with Crippen LogP contribution in [0.5, 0.6) is 5.75 Å². The molecule has 0 spiro atoms. The number of benzene rings is 1. The SMILES string of the molecule is CCCCCCOc1cc(C)ccc1CNC(=NC)NCC1(C)COC1. The number of hydrogen-bond acceptors (Lipinski definition) is 3. The second kappa shape index (κ2) is 10.4. The minimum absolute atomic E-state index is 0.217. The van der Waals surface area contributed by atoms with Gasteiger partial charge in [-0.1, -0.05) is 45.2 Å². The third-order valence-corrected chi connectivity index (χ3v) is 4.73. The Bertz CT molecular complexity index is 583. The van der Waals surface area contributed by atoms with Gasteiger partial charge in [-0.25, -0.2) is 0 Å². The zero-order chi connectivity index (χ0) is 18.8. The number of nitrogens with one attached hydrogen (secondary N) is 2. The molecule has 5 heteroatoms. The highest BCUT2D eigenvalue weighted by Crippen LogP contribution is 2.25. The van der Waals surface area contributed by atoms with Crippen LogP contribution in [0.3, 0.4) is 0 Å². The van der Waals surface area contributed by atoms with Crippen molar-refractivity contribution in [2.75, 3.05) is 33.4 Å². The summed E-state index contributed by atoms with van der Waals surface area (Å²) < 4.78 is 11.4. The van der Waals surface area contributed by atoms with Gasteiger partial charge in [0.2, 0.25) is 0 Å². The van der Waals surface area contributed by atoms with Crippen LogP contribution in [0.1, 0.15) is 50.7 Å². The predicted molar refractivity (Wildman–Crippen MR) is 108 cm³/mol. The second-order valence-electron chi connectivity index (χ2n) is 7.60. The van der Waals surface area contributed by atoms with Gasteiger partial charge in [0.25, 0.3) is 0 Å². The van der Waals surface area contributed by atoms with Crippen LogP contribution in [0.25, 0.3) is 0 Å². The number of guanidine groups is 1. The molecule has 1 saturated heterocycles. The lowest BCUT2D eigenvalue weighted by atomic mass is 9.89. The molecule has 0 radical (unpaired) electrons. The van der Waals surface area contributed by atoms with Gasteiger partial charge in [0, 0.05) is 31.1 Å². The van der Waals surface area contributed by atoms with E-state index in [4.69, 9.17) is 9.47 Å². The van der Waals surface area contributed by atoms with E-state index in [0.29, 0.717) is 6.54 Å². The molecule has 1 aromatic rings. The van der Waals surface area contributed by atoms with Gasteiger partial charge < -0.3 is 20.1 Å². The van der Waals surface area contributed by atoms with Crippen molar-refractivity contribution >= 4 is 5.96 Å². The Hall–Kier alpha value is -1.75. The van der Waals surface area contributed by atoms with Gasteiger partial charge in [0.1, 0.15) is 5.75 Å². The van der Waals surface area contributed by atoms with Crippen molar-refractivity contribution in [3.63, 3.8) is 0 Å². The van der Waals surface area contributed by atoms with Crippen molar-refractivity contribution in [1.82, 2.24) is 10.6 Å². The highest BCUT2D eigenvalue weighted by Gasteiger charge is 2.33.